The van der Waals surface area contributed by atoms with E-state index in [1.807, 2.05) is 4.57 Å². The zero-order valence-electron chi connectivity index (χ0n) is 15.7. The van der Waals surface area contributed by atoms with Gasteiger partial charge in [-0.05, 0) is 57.3 Å². The molecule has 0 saturated carbocycles. The van der Waals surface area contributed by atoms with E-state index in [9.17, 15) is 4.79 Å². The molecule has 2 aromatic rings. The van der Waals surface area contributed by atoms with Crippen LogP contribution in [0.5, 0.6) is 0 Å². The first-order chi connectivity index (χ1) is 13.2. The van der Waals surface area contributed by atoms with Crippen molar-refractivity contribution in [3.05, 3.63) is 29.3 Å². The van der Waals surface area contributed by atoms with E-state index in [0.717, 1.165) is 51.2 Å². The van der Waals surface area contributed by atoms with Crippen LogP contribution in [0.3, 0.4) is 0 Å². The molecule has 0 aliphatic carbocycles. The summed E-state index contributed by atoms with van der Waals surface area (Å²) in [5, 5.41) is 3.37. The summed E-state index contributed by atoms with van der Waals surface area (Å²) in [7, 11) is 0. The Bertz CT molecular complexity index is 825. The van der Waals surface area contributed by atoms with Crippen molar-refractivity contribution in [1.82, 2.24) is 14.9 Å². The number of carbonyl (C=O) groups excluding carboxylic acids is 1. The maximum absolute atomic E-state index is 15.3. The standard InChI is InChI=1S/C20H26FN3O3/c1-2-26-20(25)15-3-4-16-19(18(15)21)24(12-14-7-10-27-14)17(23-16)11-13-5-8-22-9-6-13/h3-4,13-14,22H,2,5-12H2,1H3/t14-/m0/s1. The van der Waals surface area contributed by atoms with Crippen LogP contribution in [0.25, 0.3) is 11.0 Å². The molecule has 1 N–H and O–H groups in total. The molecule has 3 heterocycles. The van der Waals surface area contributed by atoms with Crippen LogP contribution in [0.4, 0.5) is 4.39 Å². The summed E-state index contributed by atoms with van der Waals surface area (Å²) in [6, 6.07) is 3.19. The number of fused-ring (bicyclic) bond motifs is 1. The molecule has 7 heteroatoms. The zero-order valence-corrected chi connectivity index (χ0v) is 15.7. The number of piperidine rings is 1. The SMILES string of the molecule is CCOC(=O)c1ccc2nc(CC3CCNCC3)n(C[C@@H]3CCO3)c2c1F. The fourth-order valence-electron chi connectivity index (χ4n) is 3.92. The minimum Gasteiger partial charge on any atom is -0.462 e. The third-order valence-corrected chi connectivity index (χ3v) is 5.53. The minimum absolute atomic E-state index is 0.0338. The third-order valence-electron chi connectivity index (χ3n) is 5.53. The molecule has 146 valence electrons. The van der Waals surface area contributed by atoms with Gasteiger partial charge in [0.2, 0.25) is 0 Å². The predicted molar refractivity (Wildman–Crippen MR) is 99.3 cm³/mol. The van der Waals surface area contributed by atoms with Gasteiger partial charge in [-0.3, -0.25) is 0 Å². The molecule has 1 aromatic heterocycles. The average molecular weight is 375 g/mol. The summed E-state index contributed by atoms with van der Waals surface area (Å²) in [5.41, 5.74) is 0.942. The molecule has 0 amide bonds. The lowest BCUT2D eigenvalue weighted by molar-refractivity contribution is -0.0591. The van der Waals surface area contributed by atoms with Gasteiger partial charge in [-0.15, -0.1) is 0 Å². The maximum atomic E-state index is 15.3. The number of esters is 1. The molecule has 0 unspecified atom stereocenters. The van der Waals surface area contributed by atoms with E-state index in [1.54, 1.807) is 13.0 Å². The number of carbonyl (C=O) groups is 1. The fraction of sp³-hybridized carbons (Fsp3) is 0.600. The topological polar surface area (TPSA) is 65.4 Å². The number of benzene rings is 1. The summed E-state index contributed by atoms with van der Waals surface area (Å²) < 4.78 is 27.8. The molecular weight excluding hydrogens is 349 g/mol. The summed E-state index contributed by atoms with van der Waals surface area (Å²) in [6.07, 6.45) is 4.06. The number of imidazole rings is 1. The Morgan fingerprint density at radius 2 is 2.15 bits per heavy atom. The lowest BCUT2D eigenvalue weighted by Gasteiger charge is -2.28. The summed E-state index contributed by atoms with van der Waals surface area (Å²) in [5.74, 6) is 0.239. The van der Waals surface area contributed by atoms with Crippen molar-refractivity contribution in [2.45, 2.75) is 45.3 Å². The van der Waals surface area contributed by atoms with Crippen LogP contribution in [-0.4, -0.2) is 47.9 Å². The van der Waals surface area contributed by atoms with Crippen LogP contribution in [0.1, 0.15) is 42.4 Å². The Labute approximate surface area is 158 Å². The quantitative estimate of drug-likeness (QED) is 0.787. The summed E-state index contributed by atoms with van der Waals surface area (Å²) >= 11 is 0. The van der Waals surface area contributed by atoms with Crippen molar-refractivity contribution in [2.75, 3.05) is 26.3 Å². The number of aromatic nitrogens is 2. The van der Waals surface area contributed by atoms with Crippen molar-refractivity contribution in [3.63, 3.8) is 0 Å². The van der Waals surface area contributed by atoms with Crippen molar-refractivity contribution in [3.8, 4) is 0 Å². The van der Waals surface area contributed by atoms with Gasteiger partial charge in [-0.1, -0.05) is 0 Å². The molecular formula is C20H26FN3O3. The number of hydrogen-bond donors (Lipinski definition) is 1. The van der Waals surface area contributed by atoms with Gasteiger partial charge >= 0.3 is 5.97 Å². The lowest BCUT2D eigenvalue weighted by atomic mass is 9.94. The Morgan fingerprint density at radius 1 is 1.37 bits per heavy atom. The van der Waals surface area contributed by atoms with Crippen LogP contribution < -0.4 is 5.32 Å². The molecule has 1 aromatic carbocycles. The molecule has 6 nitrogen and oxygen atoms in total. The van der Waals surface area contributed by atoms with E-state index in [-0.39, 0.29) is 18.3 Å². The highest BCUT2D eigenvalue weighted by Gasteiger charge is 2.27. The van der Waals surface area contributed by atoms with Gasteiger partial charge in [0.15, 0.2) is 5.82 Å². The Kier molecular flexibility index (Phi) is 5.41. The van der Waals surface area contributed by atoms with Crippen molar-refractivity contribution in [2.24, 2.45) is 5.92 Å². The van der Waals surface area contributed by atoms with E-state index in [4.69, 9.17) is 14.5 Å². The minimum atomic E-state index is -0.635. The largest absolute Gasteiger partial charge is 0.462 e. The smallest absolute Gasteiger partial charge is 0.341 e. The number of nitrogens with one attached hydrogen (secondary N) is 1. The highest BCUT2D eigenvalue weighted by atomic mass is 19.1. The van der Waals surface area contributed by atoms with Gasteiger partial charge < -0.3 is 19.4 Å². The normalized spacial score (nSPS) is 20.6. The molecule has 0 bridgehead atoms. The third kappa shape index (κ3) is 3.71. The van der Waals surface area contributed by atoms with Crippen LogP contribution in [0.2, 0.25) is 0 Å². The number of hydrogen-bond acceptors (Lipinski definition) is 5. The number of nitrogens with zero attached hydrogens (tertiary/aromatic N) is 2. The molecule has 2 saturated heterocycles. The predicted octanol–water partition coefficient (Wildman–Crippen LogP) is 2.68. The highest BCUT2D eigenvalue weighted by Crippen LogP contribution is 2.28. The molecule has 2 fully saturated rings. The van der Waals surface area contributed by atoms with Crippen molar-refractivity contribution >= 4 is 17.0 Å². The van der Waals surface area contributed by atoms with Crippen LogP contribution in [0.15, 0.2) is 12.1 Å². The molecule has 2 aliphatic heterocycles. The molecule has 2 aliphatic rings. The van der Waals surface area contributed by atoms with E-state index in [2.05, 4.69) is 5.32 Å². The van der Waals surface area contributed by atoms with Gasteiger partial charge in [0.1, 0.15) is 11.3 Å². The van der Waals surface area contributed by atoms with Crippen LogP contribution in [0, 0.1) is 11.7 Å². The fourth-order valence-corrected chi connectivity index (χ4v) is 3.92. The number of rotatable bonds is 6. The second kappa shape index (κ2) is 7.94. The Morgan fingerprint density at radius 3 is 2.81 bits per heavy atom. The first kappa shape index (κ1) is 18.4. The van der Waals surface area contributed by atoms with Gasteiger partial charge in [-0.2, -0.15) is 0 Å². The molecule has 0 radical (unpaired) electrons. The number of ether oxygens (including phenoxy) is 2. The monoisotopic (exact) mass is 375 g/mol. The Hall–Kier alpha value is -1.99. The maximum Gasteiger partial charge on any atom is 0.341 e. The van der Waals surface area contributed by atoms with Crippen LogP contribution in [-0.2, 0) is 22.4 Å². The summed E-state index contributed by atoms with van der Waals surface area (Å²) in [4.78, 5) is 16.8. The lowest BCUT2D eigenvalue weighted by Crippen LogP contribution is -2.33. The molecule has 27 heavy (non-hydrogen) atoms. The molecule has 4 rings (SSSR count). The highest BCUT2D eigenvalue weighted by molar-refractivity contribution is 5.94. The van der Waals surface area contributed by atoms with E-state index in [1.165, 1.54) is 6.07 Å². The van der Waals surface area contributed by atoms with Crippen molar-refractivity contribution in [1.29, 1.82) is 0 Å². The van der Waals surface area contributed by atoms with E-state index < -0.39 is 11.8 Å². The number of halogens is 1. The van der Waals surface area contributed by atoms with Gasteiger partial charge in [-0.25, -0.2) is 14.2 Å². The van der Waals surface area contributed by atoms with E-state index >= 15 is 4.39 Å². The zero-order chi connectivity index (χ0) is 18.8. The second-order valence-electron chi connectivity index (χ2n) is 7.33. The second-order valence-corrected chi connectivity index (χ2v) is 7.33. The van der Waals surface area contributed by atoms with Gasteiger partial charge in [0, 0.05) is 13.0 Å². The Balaban J connectivity index is 1.73. The first-order valence-corrected chi connectivity index (χ1v) is 9.84. The summed E-state index contributed by atoms with van der Waals surface area (Å²) in [6.45, 7) is 5.27. The average Bonchev–Trinajstić information content (AvgIpc) is 2.97. The van der Waals surface area contributed by atoms with Crippen LogP contribution >= 0.6 is 0 Å². The van der Waals surface area contributed by atoms with E-state index in [0.29, 0.717) is 23.5 Å². The van der Waals surface area contributed by atoms with Gasteiger partial charge in [0.25, 0.3) is 0 Å². The molecule has 1 atom stereocenters. The van der Waals surface area contributed by atoms with Gasteiger partial charge in [0.05, 0.1) is 30.3 Å². The van der Waals surface area contributed by atoms with Crippen molar-refractivity contribution < 1.29 is 18.7 Å². The molecule has 0 spiro atoms. The first-order valence-electron chi connectivity index (χ1n) is 9.84.